The number of H-pyrrole nitrogens is 1. The highest BCUT2D eigenvalue weighted by atomic mass is 14.9. The SMILES string of the molecule is c1ccc(CCNCc2cc(Nc3ccc(NCCc4c[nH]c5ccccc45)cc3)ccn2)cc1. The van der Waals surface area contributed by atoms with Crippen molar-refractivity contribution in [2.24, 2.45) is 0 Å². The molecule has 0 aliphatic heterocycles. The van der Waals surface area contributed by atoms with E-state index in [9.17, 15) is 0 Å². The zero-order chi connectivity index (χ0) is 23.7. The van der Waals surface area contributed by atoms with Crippen molar-refractivity contribution < 1.29 is 0 Å². The number of aromatic nitrogens is 2. The number of hydrogen-bond acceptors (Lipinski definition) is 4. The van der Waals surface area contributed by atoms with Gasteiger partial charge in [-0.2, -0.15) is 0 Å². The van der Waals surface area contributed by atoms with Crippen LogP contribution in [0.1, 0.15) is 16.8 Å². The third kappa shape index (κ3) is 6.28. The highest BCUT2D eigenvalue weighted by molar-refractivity contribution is 5.83. The second kappa shape index (κ2) is 11.4. The van der Waals surface area contributed by atoms with E-state index in [0.29, 0.717) is 0 Å². The van der Waals surface area contributed by atoms with Gasteiger partial charge in [0.2, 0.25) is 0 Å². The maximum atomic E-state index is 4.50. The number of rotatable bonds is 11. The quantitative estimate of drug-likeness (QED) is 0.175. The van der Waals surface area contributed by atoms with E-state index in [4.69, 9.17) is 0 Å². The smallest absolute Gasteiger partial charge is 0.0562 e. The maximum Gasteiger partial charge on any atom is 0.0562 e. The Hall–Kier alpha value is -4.09. The van der Waals surface area contributed by atoms with Crippen molar-refractivity contribution in [2.45, 2.75) is 19.4 Å². The van der Waals surface area contributed by atoms with Crippen LogP contribution in [-0.2, 0) is 19.4 Å². The van der Waals surface area contributed by atoms with Gasteiger partial charge in [-0.25, -0.2) is 0 Å². The van der Waals surface area contributed by atoms with E-state index < -0.39 is 0 Å². The topological polar surface area (TPSA) is 64.8 Å². The number of nitrogens with zero attached hydrogens (tertiary/aromatic N) is 1. The van der Waals surface area contributed by atoms with Gasteiger partial charge in [-0.1, -0.05) is 48.5 Å². The summed E-state index contributed by atoms with van der Waals surface area (Å²) in [4.78, 5) is 7.85. The van der Waals surface area contributed by atoms with Crippen LogP contribution in [0.4, 0.5) is 17.1 Å². The van der Waals surface area contributed by atoms with Crippen molar-refractivity contribution in [2.75, 3.05) is 23.7 Å². The van der Waals surface area contributed by atoms with Crippen LogP contribution in [0.5, 0.6) is 0 Å². The second-order valence-corrected chi connectivity index (χ2v) is 8.69. The predicted octanol–water partition coefficient (Wildman–Crippen LogP) is 6.29. The molecule has 2 aromatic heterocycles. The Bertz CT molecular complexity index is 1340. The number of nitrogens with one attached hydrogen (secondary N) is 4. The Labute approximate surface area is 206 Å². The summed E-state index contributed by atoms with van der Waals surface area (Å²) in [5, 5.41) is 11.8. The van der Waals surface area contributed by atoms with Gasteiger partial charge in [0.05, 0.1) is 5.69 Å². The van der Waals surface area contributed by atoms with Gasteiger partial charge in [0.25, 0.3) is 0 Å². The molecule has 0 saturated carbocycles. The van der Waals surface area contributed by atoms with E-state index in [1.165, 1.54) is 22.0 Å². The number of hydrogen-bond donors (Lipinski definition) is 4. The first kappa shape index (κ1) is 22.7. The lowest BCUT2D eigenvalue weighted by Gasteiger charge is -2.11. The Morgan fingerprint density at radius 3 is 2.40 bits per heavy atom. The number of pyridine rings is 1. The molecule has 3 aromatic carbocycles. The van der Waals surface area contributed by atoms with Gasteiger partial charge < -0.3 is 20.9 Å². The Morgan fingerprint density at radius 1 is 0.714 bits per heavy atom. The van der Waals surface area contributed by atoms with Crippen LogP contribution < -0.4 is 16.0 Å². The first-order valence-corrected chi connectivity index (χ1v) is 12.2. The molecule has 0 amide bonds. The zero-order valence-electron chi connectivity index (χ0n) is 19.8. The number of anilines is 3. The molecule has 0 radical (unpaired) electrons. The van der Waals surface area contributed by atoms with Crippen molar-refractivity contribution in [3.63, 3.8) is 0 Å². The molecule has 0 aliphatic carbocycles. The fraction of sp³-hybridized carbons (Fsp3) is 0.167. The van der Waals surface area contributed by atoms with Gasteiger partial charge in [-0.3, -0.25) is 4.98 Å². The summed E-state index contributed by atoms with van der Waals surface area (Å²) in [6.07, 6.45) is 5.96. The summed E-state index contributed by atoms with van der Waals surface area (Å²) in [6.45, 7) is 2.57. The van der Waals surface area contributed by atoms with Crippen LogP contribution >= 0.6 is 0 Å². The van der Waals surface area contributed by atoms with Crippen molar-refractivity contribution in [1.82, 2.24) is 15.3 Å². The van der Waals surface area contributed by atoms with Crippen molar-refractivity contribution in [1.29, 1.82) is 0 Å². The molecule has 5 nitrogen and oxygen atoms in total. The van der Waals surface area contributed by atoms with Gasteiger partial charge in [0, 0.05) is 53.4 Å². The maximum absolute atomic E-state index is 4.50. The predicted molar refractivity (Wildman–Crippen MR) is 146 cm³/mol. The van der Waals surface area contributed by atoms with E-state index in [0.717, 1.165) is 55.2 Å². The van der Waals surface area contributed by atoms with Crippen LogP contribution in [0.25, 0.3) is 10.9 Å². The normalized spacial score (nSPS) is 11.0. The zero-order valence-corrected chi connectivity index (χ0v) is 19.8. The molecule has 5 aromatic rings. The van der Waals surface area contributed by atoms with E-state index in [2.05, 4.69) is 117 Å². The molecule has 35 heavy (non-hydrogen) atoms. The molecular formula is C30H31N5. The Balaban J connectivity index is 1.08. The Kier molecular flexibility index (Phi) is 7.36. The Morgan fingerprint density at radius 2 is 1.51 bits per heavy atom. The van der Waals surface area contributed by atoms with E-state index >= 15 is 0 Å². The molecule has 0 unspecified atom stereocenters. The molecule has 5 heteroatoms. The van der Waals surface area contributed by atoms with E-state index in [-0.39, 0.29) is 0 Å². The molecular weight excluding hydrogens is 430 g/mol. The summed E-state index contributed by atoms with van der Waals surface area (Å²) in [5.41, 5.74) is 8.13. The fourth-order valence-corrected chi connectivity index (χ4v) is 4.26. The van der Waals surface area contributed by atoms with Gasteiger partial charge in [0.15, 0.2) is 0 Å². The summed E-state index contributed by atoms with van der Waals surface area (Å²) < 4.78 is 0. The van der Waals surface area contributed by atoms with E-state index in [1.54, 1.807) is 0 Å². The number of fused-ring (bicyclic) bond motifs is 1. The highest BCUT2D eigenvalue weighted by Crippen LogP contribution is 2.21. The van der Waals surface area contributed by atoms with Crippen LogP contribution in [0.3, 0.4) is 0 Å². The minimum atomic E-state index is 0.752. The summed E-state index contributed by atoms with van der Waals surface area (Å²) in [6, 6.07) is 31.5. The third-order valence-electron chi connectivity index (χ3n) is 6.13. The van der Waals surface area contributed by atoms with Gasteiger partial charge in [-0.05, 0) is 73.0 Å². The average molecular weight is 462 g/mol. The number of aromatic amines is 1. The lowest BCUT2D eigenvalue weighted by atomic mass is 10.1. The average Bonchev–Trinajstić information content (AvgIpc) is 3.32. The largest absolute Gasteiger partial charge is 0.385 e. The molecule has 176 valence electrons. The van der Waals surface area contributed by atoms with Crippen molar-refractivity contribution in [3.05, 3.63) is 120 Å². The minimum Gasteiger partial charge on any atom is -0.385 e. The van der Waals surface area contributed by atoms with Crippen LogP contribution in [-0.4, -0.2) is 23.1 Å². The minimum absolute atomic E-state index is 0.752. The molecule has 0 spiro atoms. The molecule has 0 atom stereocenters. The second-order valence-electron chi connectivity index (χ2n) is 8.69. The van der Waals surface area contributed by atoms with E-state index in [1.807, 2.05) is 12.3 Å². The number of para-hydroxylation sites is 1. The number of benzene rings is 3. The first-order chi connectivity index (χ1) is 17.3. The van der Waals surface area contributed by atoms with Crippen LogP contribution in [0.2, 0.25) is 0 Å². The standard InChI is InChI=1S/C30H31N5/c1-2-6-23(7-3-1)14-17-31-22-28-20-27(16-19-33-28)35-26-12-10-25(11-13-26)32-18-15-24-21-34-30-9-5-4-8-29(24)30/h1-13,16,19-21,31-32,34H,14-15,17-18,22H2,(H,33,35). The summed E-state index contributed by atoms with van der Waals surface area (Å²) in [7, 11) is 0. The molecule has 0 saturated heterocycles. The van der Waals surface area contributed by atoms with Crippen LogP contribution in [0.15, 0.2) is 103 Å². The third-order valence-corrected chi connectivity index (χ3v) is 6.13. The molecule has 0 bridgehead atoms. The molecule has 5 rings (SSSR count). The summed E-state index contributed by atoms with van der Waals surface area (Å²) >= 11 is 0. The first-order valence-electron chi connectivity index (χ1n) is 12.2. The summed E-state index contributed by atoms with van der Waals surface area (Å²) in [5.74, 6) is 0. The van der Waals surface area contributed by atoms with Gasteiger partial charge in [-0.15, -0.1) is 0 Å². The lowest BCUT2D eigenvalue weighted by molar-refractivity contribution is 0.675. The van der Waals surface area contributed by atoms with Gasteiger partial charge in [0.1, 0.15) is 0 Å². The highest BCUT2D eigenvalue weighted by Gasteiger charge is 2.03. The van der Waals surface area contributed by atoms with Crippen LogP contribution in [0, 0.1) is 0 Å². The van der Waals surface area contributed by atoms with Gasteiger partial charge >= 0.3 is 0 Å². The van der Waals surface area contributed by atoms with Crippen molar-refractivity contribution in [3.8, 4) is 0 Å². The van der Waals surface area contributed by atoms with Crippen molar-refractivity contribution >= 4 is 28.0 Å². The molecule has 0 aliphatic rings. The lowest BCUT2D eigenvalue weighted by Crippen LogP contribution is -2.17. The fourth-order valence-electron chi connectivity index (χ4n) is 4.26. The molecule has 4 N–H and O–H groups in total. The molecule has 0 fully saturated rings. The monoisotopic (exact) mass is 461 g/mol. The molecule has 2 heterocycles.